The average molecular weight is 337 g/mol. The van der Waals surface area contributed by atoms with E-state index < -0.39 is 0 Å². The van der Waals surface area contributed by atoms with Gasteiger partial charge in [-0.1, -0.05) is 0 Å². The molecule has 0 aliphatic rings. The third-order valence-electron chi connectivity index (χ3n) is 1.60. The minimum Gasteiger partial charge on any atom is -0.311 e. The summed E-state index contributed by atoms with van der Waals surface area (Å²) in [6.07, 6.45) is 0.921. The van der Waals surface area contributed by atoms with Crippen LogP contribution in [-0.2, 0) is 6.54 Å². The molecule has 1 N–H and O–H groups in total. The van der Waals surface area contributed by atoms with Crippen LogP contribution < -0.4 is 5.32 Å². The van der Waals surface area contributed by atoms with E-state index in [9.17, 15) is 0 Å². The van der Waals surface area contributed by atoms with Gasteiger partial charge in [-0.15, -0.1) is 23.2 Å². The Morgan fingerprint density at radius 2 is 2.29 bits per heavy atom. The summed E-state index contributed by atoms with van der Waals surface area (Å²) in [5.74, 6) is 5.90. The number of thiophene rings is 1. The predicted octanol–water partition coefficient (Wildman–Crippen LogP) is 3.78. The van der Waals surface area contributed by atoms with Gasteiger partial charge in [-0.2, -0.15) is 0 Å². The van der Waals surface area contributed by atoms with Crippen molar-refractivity contribution in [3.8, 4) is 11.8 Å². The van der Waals surface area contributed by atoms with Crippen LogP contribution in [0.15, 0.2) is 14.3 Å². The van der Waals surface area contributed by atoms with Gasteiger partial charge in [-0.3, -0.25) is 0 Å². The molecule has 1 nitrogen and oxygen atoms in total. The summed E-state index contributed by atoms with van der Waals surface area (Å²) in [7, 11) is 0. The molecule has 14 heavy (non-hydrogen) atoms. The maximum absolute atomic E-state index is 3.47. The topological polar surface area (TPSA) is 12.0 Å². The summed E-state index contributed by atoms with van der Waals surface area (Å²) >= 11 is 8.68. The normalized spacial score (nSPS) is 9.64. The highest BCUT2D eigenvalue weighted by Gasteiger charge is 2.02. The third kappa shape index (κ3) is 4.14. The van der Waals surface area contributed by atoms with Crippen LogP contribution in [0.3, 0.4) is 0 Å². The van der Waals surface area contributed by atoms with Gasteiger partial charge in [0.05, 0.1) is 3.79 Å². The molecule has 0 aliphatic carbocycles. The summed E-state index contributed by atoms with van der Waals surface area (Å²) < 4.78 is 2.29. The lowest BCUT2D eigenvalue weighted by atomic mass is 10.4. The summed E-state index contributed by atoms with van der Waals surface area (Å²) in [6.45, 7) is 3.74. The van der Waals surface area contributed by atoms with Gasteiger partial charge in [-0.25, -0.2) is 0 Å². The van der Waals surface area contributed by atoms with Gasteiger partial charge in [0.1, 0.15) is 0 Å². The number of hydrogen-bond donors (Lipinski definition) is 1. The molecule has 4 heteroatoms. The summed E-state index contributed by atoms with van der Waals surface area (Å²) in [4.78, 5) is 1.33. The molecule has 0 atom stereocenters. The second kappa shape index (κ2) is 6.62. The largest absolute Gasteiger partial charge is 0.311 e. The Morgan fingerprint density at radius 1 is 1.50 bits per heavy atom. The predicted molar refractivity (Wildman–Crippen MR) is 69.5 cm³/mol. The molecule has 1 heterocycles. The first-order valence-electron chi connectivity index (χ1n) is 4.28. The zero-order valence-corrected chi connectivity index (χ0v) is 11.9. The first-order valence-corrected chi connectivity index (χ1v) is 6.68. The second-order valence-electron chi connectivity index (χ2n) is 2.69. The van der Waals surface area contributed by atoms with E-state index in [1.807, 2.05) is 6.92 Å². The van der Waals surface area contributed by atoms with Crippen LogP contribution in [0.4, 0.5) is 0 Å². The molecule has 76 valence electrons. The molecule has 0 bridgehead atoms. The number of rotatable bonds is 4. The lowest BCUT2D eigenvalue weighted by Crippen LogP contribution is -2.13. The molecular weight excluding hydrogens is 326 g/mol. The van der Waals surface area contributed by atoms with Gasteiger partial charge >= 0.3 is 0 Å². The molecule has 0 saturated carbocycles. The fraction of sp³-hybridized carbons (Fsp3) is 0.400. The van der Waals surface area contributed by atoms with Gasteiger partial charge in [0.25, 0.3) is 0 Å². The van der Waals surface area contributed by atoms with Gasteiger partial charge in [0.15, 0.2) is 0 Å². The molecule has 1 aromatic rings. The Bertz CT molecular complexity index is 329. The molecule has 0 radical (unpaired) electrons. The van der Waals surface area contributed by atoms with Crippen molar-refractivity contribution in [3.05, 3.63) is 19.2 Å². The van der Waals surface area contributed by atoms with Crippen LogP contribution in [0, 0.1) is 11.8 Å². The molecule has 0 amide bonds. The van der Waals surface area contributed by atoms with Crippen LogP contribution >= 0.6 is 43.2 Å². The molecule has 0 saturated heterocycles. The maximum atomic E-state index is 3.47. The molecule has 1 aromatic heterocycles. The van der Waals surface area contributed by atoms with Crippen molar-refractivity contribution in [3.63, 3.8) is 0 Å². The van der Waals surface area contributed by atoms with Crippen molar-refractivity contribution in [1.82, 2.24) is 5.32 Å². The Hall–Kier alpha value is 0.180. The van der Waals surface area contributed by atoms with Crippen molar-refractivity contribution < 1.29 is 0 Å². The molecule has 0 aromatic carbocycles. The van der Waals surface area contributed by atoms with Crippen LogP contribution in [0.2, 0.25) is 0 Å². The summed E-state index contributed by atoms with van der Waals surface area (Å²) in [5.41, 5.74) is 0. The van der Waals surface area contributed by atoms with E-state index >= 15 is 0 Å². The number of halogens is 2. The van der Waals surface area contributed by atoms with Crippen LogP contribution in [0.5, 0.6) is 0 Å². The van der Waals surface area contributed by atoms with E-state index in [0.717, 1.165) is 27.8 Å². The summed E-state index contributed by atoms with van der Waals surface area (Å²) in [5, 5.41) is 3.34. The fourth-order valence-electron chi connectivity index (χ4n) is 0.966. The standard InChI is InChI=1S/C10H11Br2NS/c1-2-3-4-5-13-7-8-6-9(11)10(12)14-8/h6,13H,4-5,7H2,1H3. The quantitative estimate of drug-likeness (QED) is 0.651. The smallest absolute Gasteiger partial charge is 0.0843 e. The first-order chi connectivity index (χ1) is 6.74. The third-order valence-corrected chi connectivity index (χ3v) is 4.86. The van der Waals surface area contributed by atoms with E-state index in [2.05, 4.69) is 55.1 Å². The van der Waals surface area contributed by atoms with E-state index in [1.54, 1.807) is 11.3 Å². The minimum absolute atomic E-state index is 0.917. The van der Waals surface area contributed by atoms with E-state index in [-0.39, 0.29) is 0 Å². The lowest BCUT2D eigenvalue weighted by Gasteiger charge is -1.97. The minimum atomic E-state index is 0.917. The highest BCUT2D eigenvalue weighted by Crippen LogP contribution is 2.32. The average Bonchev–Trinajstić information content (AvgIpc) is 2.46. The van der Waals surface area contributed by atoms with Crippen LogP contribution in [-0.4, -0.2) is 6.54 Å². The molecule has 0 aliphatic heterocycles. The van der Waals surface area contributed by atoms with E-state index in [1.165, 1.54) is 4.88 Å². The number of nitrogens with one attached hydrogen (secondary N) is 1. The number of hydrogen-bond acceptors (Lipinski definition) is 2. The lowest BCUT2D eigenvalue weighted by molar-refractivity contribution is 0.708. The van der Waals surface area contributed by atoms with Crippen molar-refractivity contribution in [2.24, 2.45) is 0 Å². The maximum Gasteiger partial charge on any atom is 0.0843 e. The van der Waals surface area contributed by atoms with Crippen molar-refractivity contribution >= 4 is 43.2 Å². The Balaban J connectivity index is 2.27. The molecule has 0 spiro atoms. The molecular formula is C10H11Br2NS. The van der Waals surface area contributed by atoms with Gasteiger partial charge in [0, 0.05) is 28.9 Å². The first kappa shape index (κ1) is 12.3. The molecule has 0 fully saturated rings. The highest BCUT2D eigenvalue weighted by atomic mass is 79.9. The zero-order chi connectivity index (χ0) is 10.4. The second-order valence-corrected chi connectivity index (χ2v) is 6.00. The van der Waals surface area contributed by atoms with Crippen molar-refractivity contribution in [2.75, 3.05) is 6.54 Å². The fourth-order valence-corrected chi connectivity index (χ4v) is 3.11. The van der Waals surface area contributed by atoms with E-state index in [0.29, 0.717) is 0 Å². The van der Waals surface area contributed by atoms with Gasteiger partial charge in [0.2, 0.25) is 0 Å². The zero-order valence-electron chi connectivity index (χ0n) is 7.86. The molecule has 1 rings (SSSR count). The Morgan fingerprint density at radius 3 is 2.86 bits per heavy atom. The Labute approximate surface area is 106 Å². The SMILES string of the molecule is CC#CCCNCc1cc(Br)c(Br)s1. The summed E-state index contributed by atoms with van der Waals surface area (Å²) in [6, 6.07) is 2.13. The molecule has 0 unspecified atom stereocenters. The van der Waals surface area contributed by atoms with Crippen molar-refractivity contribution in [1.29, 1.82) is 0 Å². The van der Waals surface area contributed by atoms with E-state index in [4.69, 9.17) is 0 Å². The highest BCUT2D eigenvalue weighted by molar-refractivity contribution is 9.13. The van der Waals surface area contributed by atoms with Crippen molar-refractivity contribution in [2.45, 2.75) is 19.9 Å². The Kier molecular flexibility index (Phi) is 5.80. The monoisotopic (exact) mass is 335 g/mol. The van der Waals surface area contributed by atoms with Crippen LogP contribution in [0.25, 0.3) is 0 Å². The van der Waals surface area contributed by atoms with Gasteiger partial charge in [-0.05, 0) is 44.8 Å². The van der Waals surface area contributed by atoms with Crippen LogP contribution in [0.1, 0.15) is 18.2 Å². The van der Waals surface area contributed by atoms with Gasteiger partial charge < -0.3 is 5.32 Å².